The number of carbonyl (C=O) groups is 1. The number of aromatic nitrogens is 2. The predicted molar refractivity (Wildman–Crippen MR) is 122 cm³/mol. The summed E-state index contributed by atoms with van der Waals surface area (Å²) >= 11 is 0. The second kappa shape index (κ2) is 7.32. The molecule has 7 rings (SSSR count). The summed E-state index contributed by atoms with van der Waals surface area (Å²) < 4.78 is 0. The van der Waals surface area contributed by atoms with Gasteiger partial charge in [-0.15, -0.1) is 10.2 Å². The molecule has 0 atom stereocenters. The average molecular weight is 417 g/mol. The second-order valence-corrected chi connectivity index (χ2v) is 10.6. The van der Waals surface area contributed by atoms with Crippen molar-refractivity contribution in [2.75, 3.05) is 31.1 Å². The number of aryl methyl sites for hydroxylation is 1. The maximum absolute atomic E-state index is 13.6. The minimum Gasteiger partial charge on any atom is -0.352 e. The molecule has 1 aromatic heterocycles. The van der Waals surface area contributed by atoms with Crippen molar-refractivity contribution in [1.29, 1.82) is 0 Å². The van der Waals surface area contributed by atoms with Crippen LogP contribution >= 0.6 is 0 Å². The molecule has 0 spiro atoms. The molecule has 1 saturated heterocycles. The zero-order chi connectivity index (χ0) is 21.0. The van der Waals surface area contributed by atoms with Crippen LogP contribution in [0.2, 0.25) is 0 Å². The van der Waals surface area contributed by atoms with Crippen molar-refractivity contribution in [3.05, 3.63) is 42.0 Å². The molecule has 5 aliphatic rings. The first kappa shape index (κ1) is 19.3. The Morgan fingerprint density at radius 3 is 2.10 bits per heavy atom. The number of hydrogen-bond donors (Lipinski definition) is 0. The van der Waals surface area contributed by atoms with Gasteiger partial charge in [-0.2, -0.15) is 0 Å². The van der Waals surface area contributed by atoms with E-state index >= 15 is 0 Å². The van der Waals surface area contributed by atoms with Crippen LogP contribution in [-0.4, -0.2) is 47.2 Å². The second-order valence-electron chi connectivity index (χ2n) is 10.6. The van der Waals surface area contributed by atoms with Gasteiger partial charge in [-0.1, -0.05) is 24.3 Å². The van der Waals surface area contributed by atoms with Gasteiger partial charge in [0.15, 0.2) is 5.82 Å². The van der Waals surface area contributed by atoms with Gasteiger partial charge in [0, 0.05) is 31.7 Å². The van der Waals surface area contributed by atoms with Crippen molar-refractivity contribution in [2.45, 2.75) is 45.4 Å². The first-order valence-electron chi connectivity index (χ1n) is 12.0. The Balaban J connectivity index is 1.11. The highest BCUT2D eigenvalue weighted by Gasteiger charge is 2.55. The van der Waals surface area contributed by atoms with E-state index in [2.05, 4.69) is 51.2 Å². The van der Waals surface area contributed by atoms with Crippen molar-refractivity contribution >= 4 is 11.7 Å². The molecule has 31 heavy (non-hydrogen) atoms. The Morgan fingerprint density at radius 1 is 0.871 bits per heavy atom. The van der Waals surface area contributed by atoms with Crippen LogP contribution in [0, 0.1) is 30.1 Å². The molecule has 1 amide bonds. The van der Waals surface area contributed by atoms with Gasteiger partial charge < -0.3 is 9.80 Å². The number of carbonyl (C=O) groups excluding carboxylic acids is 1. The van der Waals surface area contributed by atoms with Crippen LogP contribution in [0.5, 0.6) is 0 Å². The third-order valence-electron chi connectivity index (χ3n) is 8.45. The van der Waals surface area contributed by atoms with E-state index in [0.717, 1.165) is 80.3 Å². The highest BCUT2D eigenvalue weighted by molar-refractivity contribution is 5.83. The molecule has 5 fully saturated rings. The molecule has 5 nitrogen and oxygen atoms in total. The van der Waals surface area contributed by atoms with Crippen molar-refractivity contribution in [1.82, 2.24) is 15.1 Å². The van der Waals surface area contributed by atoms with Gasteiger partial charge in [0.1, 0.15) is 0 Å². The predicted octanol–water partition coefficient (Wildman–Crippen LogP) is 4.32. The molecule has 5 heteroatoms. The van der Waals surface area contributed by atoms with Gasteiger partial charge in [0.25, 0.3) is 0 Å². The number of anilines is 1. The van der Waals surface area contributed by atoms with Crippen LogP contribution in [0.15, 0.2) is 36.4 Å². The molecule has 1 aliphatic heterocycles. The number of piperazine rings is 1. The van der Waals surface area contributed by atoms with Crippen LogP contribution in [0.1, 0.15) is 44.1 Å². The standard InChI is InChI=1S/C26H32N4O/c1-18-4-2-3-5-22(18)23-6-7-24(28-27-23)29-8-10-30(11-9-29)25(31)26-15-19-12-20(16-26)14-21(13-19)17-26/h2-7,19-21H,8-17H2,1H3. The summed E-state index contributed by atoms with van der Waals surface area (Å²) in [5.74, 6) is 3.84. The summed E-state index contributed by atoms with van der Waals surface area (Å²) in [6.07, 6.45) is 7.63. The van der Waals surface area contributed by atoms with Crippen molar-refractivity contribution in [3.8, 4) is 11.3 Å². The summed E-state index contributed by atoms with van der Waals surface area (Å²) in [5.41, 5.74) is 3.23. The molecule has 162 valence electrons. The molecule has 4 bridgehead atoms. The summed E-state index contributed by atoms with van der Waals surface area (Å²) in [4.78, 5) is 18.0. The fourth-order valence-electron chi connectivity index (χ4n) is 7.34. The Morgan fingerprint density at radius 2 is 1.52 bits per heavy atom. The summed E-state index contributed by atoms with van der Waals surface area (Å²) in [6, 6.07) is 12.4. The van der Waals surface area contributed by atoms with E-state index in [1.54, 1.807) is 0 Å². The van der Waals surface area contributed by atoms with Gasteiger partial charge >= 0.3 is 0 Å². The molecule has 4 saturated carbocycles. The van der Waals surface area contributed by atoms with Crippen LogP contribution in [-0.2, 0) is 4.79 Å². The normalized spacial score (nSPS) is 31.8. The van der Waals surface area contributed by atoms with E-state index in [4.69, 9.17) is 0 Å². The van der Waals surface area contributed by atoms with Gasteiger partial charge in [-0.25, -0.2) is 0 Å². The number of benzene rings is 1. The van der Waals surface area contributed by atoms with E-state index in [9.17, 15) is 4.79 Å². The summed E-state index contributed by atoms with van der Waals surface area (Å²) in [6.45, 7) is 5.40. The molecule has 0 N–H and O–H groups in total. The number of hydrogen-bond acceptors (Lipinski definition) is 4. The molecular weight excluding hydrogens is 384 g/mol. The summed E-state index contributed by atoms with van der Waals surface area (Å²) in [7, 11) is 0. The monoisotopic (exact) mass is 416 g/mol. The quantitative estimate of drug-likeness (QED) is 0.748. The van der Waals surface area contributed by atoms with E-state index in [1.807, 2.05) is 12.1 Å². The van der Waals surface area contributed by atoms with Crippen LogP contribution < -0.4 is 4.90 Å². The SMILES string of the molecule is Cc1ccccc1-c1ccc(N2CCN(C(=O)C34CC5CC(CC(C5)C3)C4)CC2)nn1. The Kier molecular flexibility index (Phi) is 4.55. The van der Waals surface area contributed by atoms with E-state index < -0.39 is 0 Å². The van der Waals surface area contributed by atoms with Crippen molar-refractivity contribution in [2.24, 2.45) is 23.2 Å². The lowest BCUT2D eigenvalue weighted by Crippen LogP contribution is -2.58. The molecule has 0 radical (unpaired) electrons. The number of nitrogens with zero attached hydrogens (tertiary/aromatic N) is 4. The lowest BCUT2D eigenvalue weighted by molar-refractivity contribution is -0.158. The first-order valence-corrected chi connectivity index (χ1v) is 12.0. The maximum Gasteiger partial charge on any atom is 0.228 e. The highest BCUT2D eigenvalue weighted by Crippen LogP contribution is 2.60. The fraction of sp³-hybridized carbons (Fsp3) is 0.577. The third kappa shape index (κ3) is 3.33. The van der Waals surface area contributed by atoms with Crippen molar-refractivity contribution < 1.29 is 4.79 Å². The van der Waals surface area contributed by atoms with Gasteiger partial charge in [0.2, 0.25) is 5.91 Å². The van der Waals surface area contributed by atoms with E-state index in [-0.39, 0.29) is 5.41 Å². The van der Waals surface area contributed by atoms with E-state index in [1.165, 1.54) is 24.8 Å². The molecule has 1 aromatic carbocycles. The van der Waals surface area contributed by atoms with Gasteiger partial charge in [0.05, 0.1) is 11.1 Å². The lowest BCUT2D eigenvalue weighted by atomic mass is 9.49. The zero-order valence-electron chi connectivity index (χ0n) is 18.5. The highest BCUT2D eigenvalue weighted by atomic mass is 16.2. The average Bonchev–Trinajstić information content (AvgIpc) is 2.78. The molecular formula is C26H32N4O. The Labute approximate surface area is 184 Å². The topological polar surface area (TPSA) is 49.3 Å². The molecule has 2 aromatic rings. The first-order chi connectivity index (χ1) is 15.1. The maximum atomic E-state index is 13.6. The zero-order valence-corrected chi connectivity index (χ0v) is 18.5. The molecule has 2 heterocycles. The van der Waals surface area contributed by atoms with Crippen LogP contribution in [0.3, 0.4) is 0 Å². The number of amides is 1. The Hall–Kier alpha value is -2.43. The number of rotatable bonds is 3. The van der Waals surface area contributed by atoms with Crippen LogP contribution in [0.4, 0.5) is 5.82 Å². The lowest BCUT2D eigenvalue weighted by Gasteiger charge is -2.57. The van der Waals surface area contributed by atoms with Gasteiger partial charge in [-0.3, -0.25) is 4.79 Å². The van der Waals surface area contributed by atoms with Crippen LogP contribution in [0.25, 0.3) is 11.3 Å². The molecule has 4 aliphatic carbocycles. The van der Waals surface area contributed by atoms with Crippen molar-refractivity contribution in [3.63, 3.8) is 0 Å². The molecule has 0 unspecified atom stereocenters. The largest absolute Gasteiger partial charge is 0.352 e. The minimum atomic E-state index is -0.0219. The minimum absolute atomic E-state index is 0.0219. The summed E-state index contributed by atoms with van der Waals surface area (Å²) in [5, 5.41) is 9.01. The van der Waals surface area contributed by atoms with Gasteiger partial charge in [-0.05, 0) is 80.9 Å². The third-order valence-corrected chi connectivity index (χ3v) is 8.45. The fourth-order valence-corrected chi connectivity index (χ4v) is 7.34. The van der Waals surface area contributed by atoms with E-state index in [0.29, 0.717) is 5.91 Å². The smallest absolute Gasteiger partial charge is 0.228 e. The Bertz CT molecular complexity index is 942.